The Balaban J connectivity index is 2.10. The molecule has 1 heterocycles. The Morgan fingerprint density at radius 3 is 2.50 bits per heavy atom. The van der Waals surface area contributed by atoms with Gasteiger partial charge in [-0.2, -0.15) is 0 Å². The van der Waals surface area contributed by atoms with Gasteiger partial charge in [-0.1, -0.05) is 17.8 Å². The molecule has 0 unspecified atom stereocenters. The third-order valence-electron chi connectivity index (χ3n) is 1.77. The van der Waals surface area contributed by atoms with Gasteiger partial charge in [0.1, 0.15) is 5.75 Å². The fourth-order valence-electron chi connectivity index (χ4n) is 1.08. The Morgan fingerprint density at radius 2 is 1.93 bits per heavy atom. The first-order chi connectivity index (χ1) is 6.88. The predicted octanol–water partition coefficient (Wildman–Crippen LogP) is 3.91. The smallest absolute Gasteiger partial charge is 0.118 e. The van der Waals surface area contributed by atoms with Crippen LogP contribution in [0.4, 0.5) is 0 Å². The van der Waals surface area contributed by atoms with Crippen molar-refractivity contribution in [3.05, 3.63) is 41.8 Å². The second-order valence-corrected chi connectivity index (χ2v) is 5.03. The lowest BCUT2D eigenvalue weighted by atomic mass is 10.3. The highest BCUT2D eigenvalue weighted by molar-refractivity contribution is 8.01. The van der Waals surface area contributed by atoms with Crippen molar-refractivity contribution in [2.45, 2.75) is 9.10 Å². The van der Waals surface area contributed by atoms with Crippen molar-refractivity contribution >= 4 is 23.1 Å². The van der Waals surface area contributed by atoms with Crippen molar-refractivity contribution in [2.75, 3.05) is 7.11 Å². The number of methoxy groups -OCH3 is 1. The highest BCUT2D eigenvalue weighted by Gasteiger charge is 1.97. The Morgan fingerprint density at radius 1 is 1.14 bits per heavy atom. The van der Waals surface area contributed by atoms with Crippen LogP contribution in [0, 0.1) is 0 Å². The minimum atomic E-state index is 0.903. The topological polar surface area (TPSA) is 9.23 Å². The van der Waals surface area contributed by atoms with Gasteiger partial charge < -0.3 is 4.74 Å². The van der Waals surface area contributed by atoms with E-state index in [1.54, 1.807) is 30.2 Å². The normalized spacial score (nSPS) is 10.1. The molecule has 14 heavy (non-hydrogen) atoms. The molecule has 2 rings (SSSR count). The molecule has 0 bridgehead atoms. The standard InChI is InChI=1S/C11H10OS2/c1-12-9-4-6-10(7-5-9)14-11-3-2-8-13-11/h2-8H,1H3. The number of thiophene rings is 1. The Kier molecular flexibility index (Phi) is 3.11. The van der Waals surface area contributed by atoms with Crippen LogP contribution in [0.2, 0.25) is 0 Å². The average molecular weight is 222 g/mol. The van der Waals surface area contributed by atoms with E-state index in [9.17, 15) is 0 Å². The second-order valence-electron chi connectivity index (χ2n) is 2.71. The van der Waals surface area contributed by atoms with E-state index in [-0.39, 0.29) is 0 Å². The van der Waals surface area contributed by atoms with Crippen LogP contribution in [0.1, 0.15) is 0 Å². The summed E-state index contributed by atoms with van der Waals surface area (Å²) in [7, 11) is 1.68. The molecule has 0 radical (unpaired) electrons. The van der Waals surface area contributed by atoms with Crippen LogP contribution in [-0.4, -0.2) is 7.11 Å². The van der Waals surface area contributed by atoms with E-state index in [2.05, 4.69) is 29.6 Å². The Hall–Kier alpha value is -0.930. The summed E-state index contributed by atoms with van der Waals surface area (Å²) in [5.41, 5.74) is 0. The van der Waals surface area contributed by atoms with Gasteiger partial charge in [0.2, 0.25) is 0 Å². The lowest BCUT2D eigenvalue weighted by Gasteiger charge is -2.01. The fourth-order valence-corrected chi connectivity index (χ4v) is 2.83. The van der Waals surface area contributed by atoms with Gasteiger partial charge in [0.15, 0.2) is 0 Å². The van der Waals surface area contributed by atoms with Crippen LogP contribution in [0.5, 0.6) is 5.75 Å². The average Bonchev–Trinajstić information content (AvgIpc) is 2.72. The van der Waals surface area contributed by atoms with Gasteiger partial charge in [0.25, 0.3) is 0 Å². The summed E-state index contributed by atoms with van der Waals surface area (Å²) in [5.74, 6) is 0.903. The molecular weight excluding hydrogens is 212 g/mol. The molecule has 0 fully saturated rings. The van der Waals surface area contributed by atoms with Crippen LogP contribution in [0.25, 0.3) is 0 Å². The zero-order chi connectivity index (χ0) is 9.80. The van der Waals surface area contributed by atoms with E-state index >= 15 is 0 Å². The predicted molar refractivity (Wildman–Crippen MR) is 61.4 cm³/mol. The molecule has 0 aliphatic carbocycles. The number of benzene rings is 1. The van der Waals surface area contributed by atoms with Crippen LogP contribution < -0.4 is 4.74 Å². The first-order valence-corrected chi connectivity index (χ1v) is 5.93. The van der Waals surface area contributed by atoms with E-state index in [0.29, 0.717) is 0 Å². The van der Waals surface area contributed by atoms with Crippen LogP contribution >= 0.6 is 23.1 Å². The summed E-state index contributed by atoms with van der Waals surface area (Å²) >= 11 is 3.54. The molecule has 0 spiro atoms. The van der Waals surface area contributed by atoms with Gasteiger partial charge >= 0.3 is 0 Å². The van der Waals surface area contributed by atoms with Gasteiger partial charge in [0, 0.05) is 4.90 Å². The molecule has 0 aliphatic rings. The zero-order valence-electron chi connectivity index (χ0n) is 7.77. The van der Waals surface area contributed by atoms with Gasteiger partial charge in [-0.3, -0.25) is 0 Å². The Labute approximate surface area is 91.7 Å². The molecule has 2 aromatic rings. The van der Waals surface area contributed by atoms with Gasteiger partial charge in [-0.15, -0.1) is 11.3 Å². The van der Waals surface area contributed by atoms with E-state index < -0.39 is 0 Å². The van der Waals surface area contributed by atoms with Crippen LogP contribution in [0.3, 0.4) is 0 Å². The van der Waals surface area contributed by atoms with Gasteiger partial charge in [-0.25, -0.2) is 0 Å². The molecule has 1 nitrogen and oxygen atoms in total. The molecule has 0 amide bonds. The van der Waals surface area contributed by atoms with E-state index in [1.165, 1.54) is 9.10 Å². The molecule has 1 aromatic heterocycles. The summed E-state index contributed by atoms with van der Waals surface area (Å²) in [5, 5.41) is 2.09. The van der Waals surface area contributed by atoms with Gasteiger partial charge in [-0.05, 0) is 35.7 Å². The van der Waals surface area contributed by atoms with E-state index in [4.69, 9.17) is 4.74 Å². The molecule has 1 aromatic carbocycles. The quantitative estimate of drug-likeness (QED) is 0.778. The van der Waals surface area contributed by atoms with Crippen molar-refractivity contribution in [2.24, 2.45) is 0 Å². The molecule has 72 valence electrons. The molecule has 0 saturated carbocycles. The third kappa shape index (κ3) is 2.30. The molecule has 3 heteroatoms. The fraction of sp³-hybridized carbons (Fsp3) is 0.0909. The van der Waals surface area contributed by atoms with E-state index in [1.807, 2.05) is 12.1 Å². The Bertz CT molecular complexity index is 378. The zero-order valence-corrected chi connectivity index (χ0v) is 9.40. The third-order valence-corrected chi connectivity index (χ3v) is 3.82. The molecule has 0 atom stereocenters. The first kappa shape index (κ1) is 9.62. The minimum Gasteiger partial charge on any atom is -0.497 e. The molecule has 0 aliphatic heterocycles. The lowest BCUT2D eigenvalue weighted by Crippen LogP contribution is -1.80. The maximum absolute atomic E-state index is 5.10. The van der Waals surface area contributed by atoms with Crippen molar-refractivity contribution < 1.29 is 4.74 Å². The maximum Gasteiger partial charge on any atom is 0.118 e. The van der Waals surface area contributed by atoms with Crippen molar-refractivity contribution in [3.63, 3.8) is 0 Å². The van der Waals surface area contributed by atoms with Crippen molar-refractivity contribution in [1.29, 1.82) is 0 Å². The first-order valence-electron chi connectivity index (χ1n) is 4.24. The summed E-state index contributed by atoms with van der Waals surface area (Å²) in [6.45, 7) is 0. The summed E-state index contributed by atoms with van der Waals surface area (Å²) in [6, 6.07) is 12.3. The number of rotatable bonds is 3. The van der Waals surface area contributed by atoms with Crippen molar-refractivity contribution in [3.8, 4) is 5.75 Å². The number of hydrogen-bond acceptors (Lipinski definition) is 3. The number of ether oxygens (including phenoxy) is 1. The lowest BCUT2D eigenvalue weighted by molar-refractivity contribution is 0.414. The van der Waals surface area contributed by atoms with E-state index in [0.717, 1.165) is 5.75 Å². The molecular formula is C11H10OS2. The second kappa shape index (κ2) is 4.53. The number of hydrogen-bond donors (Lipinski definition) is 0. The summed E-state index contributed by atoms with van der Waals surface area (Å²) in [4.78, 5) is 1.24. The molecule has 0 saturated heterocycles. The highest BCUT2D eigenvalue weighted by Crippen LogP contribution is 2.31. The van der Waals surface area contributed by atoms with Gasteiger partial charge in [0.05, 0.1) is 11.3 Å². The summed E-state index contributed by atoms with van der Waals surface area (Å²) < 4.78 is 6.41. The largest absolute Gasteiger partial charge is 0.497 e. The monoisotopic (exact) mass is 222 g/mol. The SMILES string of the molecule is COc1ccc(Sc2cccs2)cc1. The van der Waals surface area contributed by atoms with Crippen LogP contribution in [0.15, 0.2) is 50.9 Å². The van der Waals surface area contributed by atoms with Crippen LogP contribution in [-0.2, 0) is 0 Å². The highest BCUT2D eigenvalue weighted by atomic mass is 32.2. The molecule has 0 N–H and O–H groups in total. The maximum atomic E-state index is 5.10. The minimum absolute atomic E-state index is 0.903. The van der Waals surface area contributed by atoms with Crippen molar-refractivity contribution in [1.82, 2.24) is 0 Å². The summed E-state index contributed by atoms with van der Waals surface area (Å²) in [6.07, 6.45) is 0.